The fourth-order valence-electron chi connectivity index (χ4n) is 1.78. The van der Waals surface area contributed by atoms with Gasteiger partial charge in [-0.05, 0) is 12.3 Å². The molecule has 0 rings (SSSR count). The van der Waals surface area contributed by atoms with Crippen LogP contribution in [0.5, 0.6) is 0 Å². The Balaban J connectivity index is 4.55. The van der Waals surface area contributed by atoms with Crippen molar-refractivity contribution in [2.75, 3.05) is 7.11 Å². The van der Waals surface area contributed by atoms with Crippen molar-refractivity contribution in [1.82, 2.24) is 10.6 Å². The van der Waals surface area contributed by atoms with Gasteiger partial charge in [0.25, 0.3) is 0 Å². The van der Waals surface area contributed by atoms with E-state index in [1.165, 1.54) is 7.11 Å². The number of urea groups is 1. The third-order valence-electron chi connectivity index (χ3n) is 2.80. The van der Waals surface area contributed by atoms with Crippen molar-refractivity contribution in [3.8, 4) is 0 Å². The Labute approximate surface area is 119 Å². The highest BCUT2D eigenvalue weighted by molar-refractivity contribution is 5.84. The number of carbonyl (C=O) groups excluding carboxylic acids is 2. The summed E-state index contributed by atoms with van der Waals surface area (Å²) in [7, 11) is 1.25. The van der Waals surface area contributed by atoms with Crippen LogP contribution in [0.2, 0.25) is 0 Å². The smallest absolute Gasteiger partial charge is 0.328 e. The number of nitrogens with one attached hydrogen (secondary N) is 2. The van der Waals surface area contributed by atoms with E-state index < -0.39 is 30.1 Å². The molecule has 0 radical (unpaired) electrons. The van der Waals surface area contributed by atoms with E-state index in [2.05, 4.69) is 15.4 Å². The van der Waals surface area contributed by atoms with Gasteiger partial charge in [-0.2, -0.15) is 0 Å². The average Bonchev–Trinajstić information content (AvgIpc) is 2.34. The van der Waals surface area contributed by atoms with Crippen molar-refractivity contribution in [3.05, 3.63) is 0 Å². The molecule has 7 heteroatoms. The minimum absolute atomic E-state index is 0.128. The van der Waals surface area contributed by atoms with Crippen molar-refractivity contribution in [3.63, 3.8) is 0 Å². The maximum absolute atomic E-state index is 11.8. The molecule has 2 unspecified atom stereocenters. The second kappa shape index (κ2) is 9.17. The van der Waals surface area contributed by atoms with E-state index in [0.717, 1.165) is 6.42 Å². The monoisotopic (exact) mass is 288 g/mol. The zero-order chi connectivity index (χ0) is 15.7. The van der Waals surface area contributed by atoms with Crippen molar-refractivity contribution in [2.45, 2.75) is 52.1 Å². The van der Waals surface area contributed by atoms with Crippen molar-refractivity contribution < 1.29 is 24.2 Å². The number of hydrogen-bond donors (Lipinski definition) is 3. The SMILES string of the molecule is CCCC(CC(=O)O)NC(=O)NC(C(=O)OC)C(C)C. The van der Waals surface area contributed by atoms with Crippen LogP contribution in [0.3, 0.4) is 0 Å². The Morgan fingerprint density at radius 2 is 1.80 bits per heavy atom. The highest BCUT2D eigenvalue weighted by Gasteiger charge is 2.26. The second-order valence-corrected chi connectivity index (χ2v) is 4.95. The summed E-state index contributed by atoms with van der Waals surface area (Å²) in [6.45, 7) is 5.46. The Kier molecular flexibility index (Phi) is 8.35. The number of carbonyl (C=O) groups is 3. The third kappa shape index (κ3) is 6.96. The summed E-state index contributed by atoms with van der Waals surface area (Å²) in [6.07, 6.45) is 1.17. The Hall–Kier alpha value is -1.79. The molecule has 3 N–H and O–H groups in total. The van der Waals surface area contributed by atoms with Crippen LogP contribution in [-0.2, 0) is 14.3 Å². The Bertz CT molecular complexity index is 344. The topological polar surface area (TPSA) is 105 Å². The van der Waals surface area contributed by atoms with Gasteiger partial charge in [0.15, 0.2) is 0 Å². The van der Waals surface area contributed by atoms with Crippen LogP contribution >= 0.6 is 0 Å². The van der Waals surface area contributed by atoms with E-state index in [4.69, 9.17) is 5.11 Å². The van der Waals surface area contributed by atoms with Crippen molar-refractivity contribution >= 4 is 18.0 Å². The number of aliphatic carboxylic acids is 1. The molecule has 0 aromatic rings. The molecule has 0 aromatic heterocycles. The van der Waals surface area contributed by atoms with Gasteiger partial charge >= 0.3 is 18.0 Å². The Morgan fingerprint density at radius 1 is 1.20 bits per heavy atom. The van der Waals surface area contributed by atoms with Gasteiger partial charge in [0, 0.05) is 6.04 Å². The number of methoxy groups -OCH3 is 1. The number of hydrogen-bond acceptors (Lipinski definition) is 4. The third-order valence-corrected chi connectivity index (χ3v) is 2.80. The van der Waals surface area contributed by atoms with Gasteiger partial charge in [-0.3, -0.25) is 4.79 Å². The molecular formula is C13H24N2O5. The largest absolute Gasteiger partial charge is 0.481 e. The number of rotatable bonds is 8. The minimum atomic E-state index is -0.975. The van der Waals surface area contributed by atoms with Gasteiger partial charge in [-0.1, -0.05) is 27.2 Å². The van der Waals surface area contributed by atoms with Crippen molar-refractivity contribution in [1.29, 1.82) is 0 Å². The number of esters is 1. The minimum Gasteiger partial charge on any atom is -0.481 e. The molecule has 0 heterocycles. The standard InChI is InChI=1S/C13H24N2O5/c1-5-6-9(7-10(16)17)14-13(19)15-11(8(2)3)12(18)20-4/h8-9,11H,5-7H2,1-4H3,(H,16,17)(H2,14,15,19). The first-order valence-electron chi connectivity index (χ1n) is 6.68. The molecule has 2 atom stereocenters. The lowest BCUT2D eigenvalue weighted by Gasteiger charge is -2.22. The van der Waals surface area contributed by atoms with Crippen LogP contribution in [0.4, 0.5) is 4.79 Å². The summed E-state index contributed by atoms with van der Waals surface area (Å²) in [5, 5.41) is 13.9. The van der Waals surface area contributed by atoms with Gasteiger partial charge in [0.05, 0.1) is 13.5 Å². The van der Waals surface area contributed by atoms with E-state index in [-0.39, 0.29) is 12.3 Å². The van der Waals surface area contributed by atoms with Crippen LogP contribution in [-0.4, -0.2) is 42.3 Å². The van der Waals surface area contributed by atoms with Gasteiger partial charge < -0.3 is 20.5 Å². The van der Waals surface area contributed by atoms with E-state index in [1.54, 1.807) is 13.8 Å². The molecule has 0 aliphatic rings. The molecule has 0 aliphatic carbocycles. The molecule has 0 saturated carbocycles. The summed E-state index contributed by atoms with van der Waals surface area (Å²) in [6, 6.07) is -1.77. The predicted molar refractivity (Wildman–Crippen MR) is 73.3 cm³/mol. The maximum atomic E-state index is 11.8. The summed E-state index contributed by atoms with van der Waals surface area (Å²) < 4.78 is 4.62. The summed E-state index contributed by atoms with van der Waals surface area (Å²) >= 11 is 0. The highest BCUT2D eigenvalue weighted by atomic mass is 16.5. The lowest BCUT2D eigenvalue weighted by molar-refractivity contribution is -0.144. The lowest BCUT2D eigenvalue weighted by Crippen LogP contribution is -2.51. The maximum Gasteiger partial charge on any atom is 0.328 e. The molecule has 2 amide bonds. The van der Waals surface area contributed by atoms with E-state index in [0.29, 0.717) is 6.42 Å². The fourth-order valence-corrected chi connectivity index (χ4v) is 1.78. The first-order valence-corrected chi connectivity index (χ1v) is 6.68. The summed E-state index contributed by atoms with van der Waals surface area (Å²) in [5.74, 6) is -1.63. The fraction of sp³-hybridized carbons (Fsp3) is 0.769. The summed E-state index contributed by atoms with van der Waals surface area (Å²) in [4.78, 5) is 34.0. The van der Waals surface area contributed by atoms with Crippen LogP contribution in [0.15, 0.2) is 0 Å². The number of ether oxygens (including phenoxy) is 1. The highest BCUT2D eigenvalue weighted by Crippen LogP contribution is 2.05. The second-order valence-electron chi connectivity index (χ2n) is 4.95. The Morgan fingerprint density at radius 3 is 2.20 bits per heavy atom. The molecule has 20 heavy (non-hydrogen) atoms. The van der Waals surface area contributed by atoms with E-state index >= 15 is 0 Å². The molecule has 7 nitrogen and oxygen atoms in total. The molecule has 0 fully saturated rings. The molecule has 0 bridgehead atoms. The molecule has 0 aliphatic heterocycles. The van der Waals surface area contributed by atoms with Crippen LogP contribution in [0.1, 0.15) is 40.0 Å². The zero-order valence-corrected chi connectivity index (χ0v) is 12.4. The number of carboxylic acid groups (broad SMARTS) is 1. The van der Waals surface area contributed by atoms with E-state index in [1.807, 2.05) is 6.92 Å². The first kappa shape index (κ1) is 18.2. The molecule has 0 aromatic carbocycles. The van der Waals surface area contributed by atoms with Crippen molar-refractivity contribution in [2.24, 2.45) is 5.92 Å². The van der Waals surface area contributed by atoms with Crippen LogP contribution < -0.4 is 10.6 Å². The molecule has 0 saturated heterocycles. The molecular weight excluding hydrogens is 264 g/mol. The zero-order valence-electron chi connectivity index (χ0n) is 12.4. The van der Waals surface area contributed by atoms with Gasteiger partial charge in [-0.25, -0.2) is 9.59 Å². The molecule has 116 valence electrons. The van der Waals surface area contributed by atoms with Gasteiger partial charge in [-0.15, -0.1) is 0 Å². The molecule has 0 spiro atoms. The van der Waals surface area contributed by atoms with E-state index in [9.17, 15) is 14.4 Å². The van der Waals surface area contributed by atoms with Gasteiger partial charge in [0.2, 0.25) is 0 Å². The first-order chi connectivity index (χ1) is 9.31. The predicted octanol–water partition coefficient (Wildman–Crippen LogP) is 1.13. The van der Waals surface area contributed by atoms with Crippen LogP contribution in [0, 0.1) is 5.92 Å². The quantitative estimate of drug-likeness (QED) is 0.581. The summed E-state index contributed by atoms with van der Waals surface area (Å²) in [5.41, 5.74) is 0. The van der Waals surface area contributed by atoms with Crippen LogP contribution in [0.25, 0.3) is 0 Å². The lowest BCUT2D eigenvalue weighted by atomic mass is 10.0. The number of carboxylic acids is 1. The average molecular weight is 288 g/mol. The normalized spacial score (nSPS) is 13.4. The number of amides is 2. The van der Waals surface area contributed by atoms with Gasteiger partial charge in [0.1, 0.15) is 6.04 Å².